The van der Waals surface area contributed by atoms with Crippen molar-refractivity contribution in [2.75, 3.05) is 18.5 Å². The van der Waals surface area contributed by atoms with Crippen LogP contribution >= 0.6 is 11.3 Å². The molecule has 5 nitrogen and oxygen atoms in total. The Labute approximate surface area is 205 Å². The highest BCUT2D eigenvalue weighted by Gasteiger charge is 2.22. The van der Waals surface area contributed by atoms with E-state index in [0.29, 0.717) is 17.2 Å². The number of ether oxygens (including phenoxy) is 2. The Bertz CT molecular complexity index is 1180. The van der Waals surface area contributed by atoms with Gasteiger partial charge in [-0.15, -0.1) is 11.3 Å². The first-order chi connectivity index (χ1) is 16.4. The number of carbonyl (C=O) groups excluding carboxylic acids is 2. The van der Waals surface area contributed by atoms with E-state index in [1.54, 1.807) is 13.0 Å². The van der Waals surface area contributed by atoms with Crippen molar-refractivity contribution in [3.63, 3.8) is 0 Å². The molecule has 1 aromatic heterocycles. The monoisotopic (exact) mass is 477 g/mol. The lowest BCUT2D eigenvalue weighted by Gasteiger charge is -2.10. The lowest BCUT2D eigenvalue weighted by Crippen LogP contribution is -2.12. The summed E-state index contributed by atoms with van der Waals surface area (Å²) < 4.78 is 11.1. The first kappa shape index (κ1) is 25.2. The number of benzene rings is 2. The summed E-state index contributed by atoms with van der Waals surface area (Å²) >= 11 is 1.31. The summed E-state index contributed by atoms with van der Waals surface area (Å²) in [4.78, 5) is 25.6. The van der Waals surface area contributed by atoms with Crippen molar-refractivity contribution in [1.29, 1.82) is 0 Å². The van der Waals surface area contributed by atoms with Crippen molar-refractivity contribution < 1.29 is 19.1 Å². The second kappa shape index (κ2) is 12.2. The molecule has 0 fully saturated rings. The number of para-hydroxylation sites is 1. The van der Waals surface area contributed by atoms with Gasteiger partial charge in [0.2, 0.25) is 5.91 Å². The Morgan fingerprint density at radius 2 is 1.85 bits per heavy atom. The molecule has 0 aliphatic heterocycles. The van der Waals surface area contributed by atoms with E-state index in [1.807, 2.05) is 61.7 Å². The minimum atomic E-state index is -0.453. The predicted octanol–water partition coefficient (Wildman–Crippen LogP) is 7.04. The summed E-state index contributed by atoms with van der Waals surface area (Å²) in [7, 11) is 0. The van der Waals surface area contributed by atoms with E-state index in [4.69, 9.17) is 9.47 Å². The highest BCUT2D eigenvalue weighted by atomic mass is 32.1. The van der Waals surface area contributed by atoms with E-state index in [1.165, 1.54) is 23.0 Å². The maximum Gasteiger partial charge on any atom is 0.341 e. The molecule has 0 spiro atoms. The quantitative estimate of drug-likeness (QED) is 0.193. The lowest BCUT2D eigenvalue weighted by molar-refractivity contribution is -0.111. The fraction of sp³-hybridized carbons (Fsp3) is 0.286. The standard InChI is InChI=1S/C28H31NO4S/c1-5-7-16-33-24-11-9-8-10-21(24)14-15-25(30)29-27-26(28(31)32-6-2)23(18-34-27)22-13-12-19(3)20(4)17-22/h8-15,17-18H,5-7,16H2,1-4H3,(H,29,30)/b15-14+. The Kier molecular flexibility index (Phi) is 9.05. The van der Waals surface area contributed by atoms with E-state index in [0.717, 1.165) is 40.8 Å². The fourth-order valence-electron chi connectivity index (χ4n) is 3.37. The summed E-state index contributed by atoms with van der Waals surface area (Å²) in [6.07, 6.45) is 5.19. The molecule has 0 unspecified atom stereocenters. The SMILES string of the molecule is CCCCOc1ccccc1/C=C/C(=O)Nc1scc(-c2ccc(C)c(C)c2)c1C(=O)OCC. The molecule has 3 aromatic rings. The Hall–Kier alpha value is -3.38. The van der Waals surface area contributed by atoms with Crippen LogP contribution in [-0.4, -0.2) is 25.1 Å². The zero-order valence-electron chi connectivity index (χ0n) is 20.1. The van der Waals surface area contributed by atoms with E-state index in [9.17, 15) is 9.59 Å². The summed E-state index contributed by atoms with van der Waals surface area (Å²) in [6, 6.07) is 13.6. The molecule has 6 heteroatoms. The van der Waals surface area contributed by atoms with Gasteiger partial charge in [-0.1, -0.05) is 49.7 Å². The first-order valence-electron chi connectivity index (χ1n) is 11.5. The largest absolute Gasteiger partial charge is 0.493 e. The molecular formula is C28H31NO4S. The predicted molar refractivity (Wildman–Crippen MR) is 140 cm³/mol. The van der Waals surface area contributed by atoms with Gasteiger partial charge in [0, 0.05) is 22.6 Å². The molecule has 34 heavy (non-hydrogen) atoms. The van der Waals surface area contributed by atoms with Crippen LogP contribution in [-0.2, 0) is 9.53 Å². The Balaban J connectivity index is 1.84. The van der Waals surface area contributed by atoms with Gasteiger partial charge in [-0.05, 0) is 56.0 Å². The molecule has 0 aliphatic rings. The zero-order valence-corrected chi connectivity index (χ0v) is 21.0. The van der Waals surface area contributed by atoms with Crippen LogP contribution in [0.4, 0.5) is 5.00 Å². The van der Waals surface area contributed by atoms with Crippen molar-refractivity contribution in [3.8, 4) is 16.9 Å². The van der Waals surface area contributed by atoms with E-state index in [2.05, 4.69) is 12.2 Å². The molecule has 1 amide bonds. The first-order valence-corrected chi connectivity index (χ1v) is 12.4. The second-order valence-electron chi connectivity index (χ2n) is 7.94. The average Bonchev–Trinajstić information content (AvgIpc) is 3.24. The maximum absolute atomic E-state index is 12.8. The molecule has 0 atom stereocenters. The Morgan fingerprint density at radius 3 is 2.59 bits per heavy atom. The van der Waals surface area contributed by atoms with Crippen LogP contribution in [0.5, 0.6) is 5.75 Å². The van der Waals surface area contributed by atoms with Gasteiger partial charge in [-0.25, -0.2) is 4.79 Å². The molecule has 2 aromatic carbocycles. The number of thiophene rings is 1. The van der Waals surface area contributed by atoms with Gasteiger partial charge in [0.15, 0.2) is 0 Å². The number of nitrogens with one attached hydrogen (secondary N) is 1. The third-order valence-corrected chi connectivity index (χ3v) is 6.31. The van der Waals surface area contributed by atoms with Crippen LogP contribution in [0.2, 0.25) is 0 Å². The third kappa shape index (κ3) is 6.35. The third-order valence-electron chi connectivity index (χ3n) is 5.41. The van der Waals surface area contributed by atoms with Crippen LogP contribution in [0.15, 0.2) is 53.9 Å². The van der Waals surface area contributed by atoms with Crippen LogP contribution in [0.1, 0.15) is 53.7 Å². The molecule has 0 bridgehead atoms. The number of anilines is 1. The maximum atomic E-state index is 12.8. The number of esters is 1. The molecule has 3 rings (SSSR count). The van der Waals surface area contributed by atoms with Gasteiger partial charge in [0.25, 0.3) is 0 Å². The summed E-state index contributed by atoms with van der Waals surface area (Å²) in [5.41, 5.74) is 5.17. The van der Waals surface area contributed by atoms with Gasteiger partial charge < -0.3 is 14.8 Å². The average molecular weight is 478 g/mol. The number of carbonyl (C=O) groups is 2. The summed E-state index contributed by atoms with van der Waals surface area (Å²) in [5.74, 6) is -0.0475. The molecule has 1 heterocycles. The van der Waals surface area contributed by atoms with Crippen molar-refractivity contribution in [2.24, 2.45) is 0 Å². The number of aryl methyl sites for hydroxylation is 2. The van der Waals surface area contributed by atoms with Crippen LogP contribution < -0.4 is 10.1 Å². The normalized spacial score (nSPS) is 10.9. The topological polar surface area (TPSA) is 64.6 Å². The number of hydrogen-bond donors (Lipinski definition) is 1. The minimum absolute atomic E-state index is 0.253. The molecular weight excluding hydrogens is 446 g/mol. The Morgan fingerprint density at radius 1 is 1.06 bits per heavy atom. The number of amides is 1. The van der Waals surface area contributed by atoms with Crippen LogP contribution in [0.25, 0.3) is 17.2 Å². The minimum Gasteiger partial charge on any atom is -0.493 e. The molecule has 0 radical (unpaired) electrons. The van der Waals surface area contributed by atoms with Gasteiger partial charge in [-0.2, -0.15) is 0 Å². The molecule has 0 saturated carbocycles. The van der Waals surface area contributed by atoms with Crippen molar-refractivity contribution in [2.45, 2.75) is 40.5 Å². The van der Waals surface area contributed by atoms with Gasteiger partial charge in [0.05, 0.1) is 13.2 Å². The highest BCUT2D eigenvalue weighted by Crippen LogP contribution is 2.37. The highest BCUT2D eigenvalue weighted by molar-refractivity contribution is 7.15. The molecule has 1 N–H and O–H groups in total. The van der Waals surface area contributed by atoms with Crippen LogP contribution in [0.3, 0.4) is 0 Å². The van der Waals surface area contributed by atoms with Gasteiger partial charge >= 0.3 is 5.97 Å². The summed E-state index contributed by atoms with van der Waals surface area (Å²) in [6.45, 7) is 8.84. The fourth-order valence-corrected chi connectivity index (χ4v) is 4.33. The van der Waals surface area contributed by atoms with Crippen molar-refractivity contribution in [3.05, 3.63) is 76.2 Å². The van der Waals surface area contributed by atoms with E-state index < -0.39 is 5.97 Å². The zero-order chi connectivity index (χ0) is 24.5. The molecule has 0 aliphatic carbocycles. The van der Waals surface area contributed by atoms with Crippen molar-refractivity contribution in [1.82, 2.24) is 0 Å². The summed E-state index contributed by atoms with van der Waals surface area (Å²) in [5, 5.41) is 5.21. The lowest BCUT2D eigenvalue weighted by atomic mass is 9.99. The second-order valence-corrected chi connectivity index (χ2v) is 8.82. The molecule has 0 saturated heterocycles. The van der Waals surface area contributed by atoms with Gasteiger partial charge in [0.1, 0.15) is 16.3 Å². The van der Waals surface area contributed by atoms with Crippen LogP contribution in [0, 0.1) is 13.8 Å². The van der Waals surface area contributed by atoms with E-state index in [-0.39, 0.29) is 12.5 Å². The molecule has 178 valence electrons. The van der Waals surface area contributed by atoms with Crippen molar-refractivity contribution >= 4 is 34.3 Å². The number of hydrogen-bond acceptors (Lipinski definition) is 5. The number of unbranched alkanes of at least 4 members (excludes halogenated alkanes) is 1. The smallest absolute Gasteiger partial charge is 0.341 e. The van der Waals surface area contributed by atoms with E-state index >= 15 is 0 Å². The van der Waals surface area contributed by atoms with Gasteiger partial charge in [-0.3, -0.25) is 4.79 Å². The number of rotatable bonds is 10.